The maximum absolute atomic E-state index is 11.6. The van der Waals surface area contributed by atoms with Crippen LogP contribution in [0, 0.1) is 0 Å². The van der Waals surface area contributed by atoms with Crippen molar-refractivity contribution in [3.63, 3.8) is 0 Å². The summed E-state index contributed by atoms with van der Waals surface area (Å²) in [4.78, 5) is 14.2. The number of azide groups is 1. The van der Waals surface area contributed by atoms with Gasteiger partial charge in [0.2, 0.25) is 5.91 Å². The van der Waals surface area contributed by atoms with Gasteiger partial charge in [0.05, 0.1) is 13.2 Å². The maximum atomic E-state index is 11.6. The van der Waals surface area contributed by atoms with Crippen LogP contribution in [0.5, 0.6) is 0 Å². The van der Waals surface area contributed by atoms with Gasteiger partial charge in [-0.1, -0.05) is 18.0 Å². The highest BCUT2D eigenvalue weighted by molar-refractivity contribution is 5.76. The Bertz CT molecular complexity index is 313. The molecule has 0 atom stereocenters. The first-order valence-electron chi connectivity index (χ1n) is 7.28. The molecular weight excluding hydrogens is 260 g/mol. The van der Waals surface area contributed by atoms with Crippen LogP contribution in [0.1, 0.15) is 38.5 Å². The van der Waals surface area contributed by atoms with Crippen molar-refractivity contribution >= 4 is 5.91 Å². The van der Waals surface area contributed by atoms with Gasteiger partial charge >= 0.3 is 0 Å². The molecule has 1 rings (SSSR count). The Morgan fingerprint density at radius 2 is 1.90 bits per heavy atom. The number of hydrogen-bond donors (Lipinski definition) is 1. The van der Waals surface area contributed by atoms with Gasteiger partial charge in [0, 0.05) is 37.1 Å². The van der Waals surface area contributed by atoms with Crippen LogP contribution in [-0.2, 0) is 14.3 Å². The summed E-state index contributed by atoms with van der Waals surface area (Å²) in [6, 6.07) is 0.381. The summed E-state index contributed by atoms with van der Waals surface area (Å²) >= 11 is 0. The largest absolute Gasteiger partial charge is 0.381 e. The molecule has 7 heteroatoms. The fraction of sp³-hybridized carbons (Fsp3) is 0.923. The molecule has 20 heavy (non-hydrogen) atoms. The van der Waals surface area contributed by atoms with Crippen molar-refractivity contribution < 1.29 is 14.3 Å². The molecule has 1 saturated carbocycles. The first-order valence-corrected chi connectivity index (χ1v) is 7.28. The summed E-state index contributed by atoms with van der Waals surface area (Å²) < 4.78 is 10.6. The molecule has 7 nitrogen and oxygen atoms in total. The number of rotatable bonds is 11. The number of ether oxygens (including phenoxy) is 2. The van der Waals surface area contributed by atoms with E-state index >= 15 is 0 Å². The predicted molar refractivity (Wildman–Crippen MR) is 75.3 cm³/mol. The van der Waals surface area contributed by atoms with Gasteiger partial charge in [-0.2, -0.15) is 0 Å². The van der Waals surface area contributed by atoms with Crippen LogP contribution in [0.15, 0.2) is 5.11 Å². The lowest BCUT2D eigenvalue weighted by Gasteiger charge is -2.11. The van der Waals surface area contributed by atoms with Crippen LogP contribution in [-0.4, -0.2) is 44.9 Å². The van der Waals surface area contributed by atoms with Gasteiger partial charge < -0.3 is 14.8 Å². The summed E-state index contributed by atoms with van der Waals surface area (Å²) in [7, 11) is 0. The second-order valence-electron chi connectivity index (χ2n) is 4.83. The van der Waals surface area contributed by atoms with Crippen LogP contribution < -0.4 is 5.32 Å². The molecule has 0 aromatic heterocycles. The Balaban J connectivity index is 1.81. The van der Waals surface area contributed by atoms with Crippen molar-refractivity contribution in [2.24, 2.45) is 5.11 Å². The first kappa shape index (κ1) is 16.8. The molecule has 0 spiro atoms. The van der Waals surface area contributed by atoms with E-state index in [1.54, 1.807) is 0 Å². The molecule has 0 unspecified atom stereocenters. The quantitative estimate of drug-likeness (QED) is 0.272. The molecule has 1 aliphatic rings. The Hall–Kier alpha value is -1.30. The minimum absolute atomic E-state index is 0.0857. The highest BCUT2D eigenvalue weighted by atomic mass is 16.5. The smallest absolute Gasteiger partial charge is 0.222 e. The molecular formula is C13H24N4O3. The Morgan fingerprint density at radius 1 is 1.20 bits per heavy atom. The van der Waals surface area contributed by atoms with Gasteiger partial charge in [-0.05, 0) is 24.8 Å². The number of hydrogen-bond acceptors (Lipinski definition) is 4. The average Bonchev–Trinajstić information content (AvgIpc) is 2.93. The topological polar surface area (TPSA) is 96.3 Å². The lowest BCUT2D eigenvalue weighted by Crippen LogP contribution is -2.33. The third-order valence-corrected chi connectivity index (χ3v) is 3.17. The molecule has 0 heterocycles. The lowest BCUT2D eigenvalue weighted by atomic mass is 10.2. The minimum atomic E-state index is 0.0857. The van der Waals surface area contributed by atoms with Gasteiger partial charge in [-0.25, -0.2) is 0 Å². The van der Waals surface area contributed by atoms with Crippen LogP contribution in [0.4, 0.5) is 0 Å². The molecule has 0 aromatic rings. The third kappa shape index (κ3) is 8.74. The van der Waals surface area contributed by atoms with Crippen molar-refractivity contribution in [2.45, 2.75) is 44.6 Å². The number of carbonyl (C=O) groups is 1. The maximum Gasteiger partial charge on any atom is 0.222 e. The van der Waals surface area contributed by atoms with Gasteiger partial charge in [0.15, 0.2) is 0 Å². The molecule has 1 aliphatic carbocycles. The van der Waals surface area contributed by atoms with Gasteiger partial charge in [0.25, 0.3) is 0 Å². The van der Waals surface area contributed by atoms with Crippen LogP contribution in [0.2, 0.25) is 0 Å². The average molecular weight is 284 g/mol. The van der Waals surface area contributed by atoms with Crippen molar-refractivity contribution in [1.29, 1.82) is 0 Å². The Morgan fingerprint density at radius 3 is 2.60 bits per heavy atom. The fourth-order valence-corrected chi connectivity index (χ4v) is 2.15. The monoisotopic (exact) mass is 284 g/mol. The van der Waals surface area contributed by atoms with Crippen LogP contribution in [0.25, 0.3) is 10.4 Å². The van der Waals surface area contributed by atoms with E-state index in [1.807, 2.05) is 0 Å². The Labute approximate surface area is 119 Å². The van der Waals surface area contributed by atoms with E-state index in [2.05, 4.69) is 15.3 Å². The molecule has 1 amide bonds. The first-order chi connectivity index (χ1) is 9.83. The summed E-state index contributed by atoms with van der Waals surface area (Å²) in [5.74, 6) is 0.0857. The number of nitrogens with zero attached hydrogens (tertiary/aromatic N) is 3. The van der Waals surface area contributed by atoms with Crippen molar-refractivity contribution in [3.05, 3.63) is 10.4 Å². The summed E-state index contributed by atoms with van der Waals surface area (Å²) in [5, 5.41) is 6.39. The van der Waals surface area contributed by atoms with Crippen LogP contribution in [0.3, 0.4) is 0 Å². The standard InChI is InChI=1S/C13H24N4O3/c14-17-15-7-11-20-9-3-8-19-10-6-13(18)16-12-4-1-2-5-12/h12H,1-11H2,(H,16,18). The van der Waals surface area contributed by atoms with E-state index < -0.39 is 0 Å². The summed E-state index contributed by atoms with van der Waals surface area (Å²) in [5.41, 5.74) is 8.05. The third-order valence-electron chi connectivity index (χ3n) is 3.17. The van der Waals surface area contributed by atoms with E-state index in [4.69, 9.17) is 15.0 Å². The van der Waals surface area contributed by atoms with E-state index in [0.29, 0.717) is 45.4 Å². The number of carbonyl (C=O) groups excluding carboxylic acids is 1. The van der Waals surface area contributed by atoms with Crippen LogP contribution >= 0.6 is 0 Å². The SMILES string of the molecule is [N-]=[N+]=NCCOCCCOCCC(=O)NC1CCCC1. The zero-order valence-electron chi connectivity index (χ0n) is 11.9. The van der Waals surface area contributed by atoms with Gasteiger partial charge in [-0.3, -0.25) is 4.79 Å². The van der Waals surface area contributed by atoms with E-state index in [-0.39, 0.29) is 5.91 Å². The van der Waals surface area contributed by atoms with Crippen molar-refractivity contribution in [2.75, 3.05) is 33.0 Å². The van der Waals surface area contributed by atoms with Gasteiger partial charge in [-0.15, -0.1) is 0 Å². The molecule has 0 aliphatic heterocycles. The van der Waals surface area contributed by atoms with E-state index in [1.165, 1.54) is 12.8 Å². The van der Waals surface area contributed by atoms with E-state index in [0.717, 1.165) is 19.3 Å². The fourth-order valence-electron chi connectivity index (χ4n) is 2.15. The molecule has 0 bridgehead atoms. The highest BCUT2D eigenvalue weighted by Crippen LogP contribution is 2.17. The zero-order chi connectivity index (χ0) is 14.5. The molecule has 1 N–H and O–H groups in total. The second-order valence-corrected chi connectivity index (χ2v) is 4.83. The lowest BCUT2D eigenvalue weighted by molar-refractivity contribution is -0.122. The normalized spacial score (nSPS) is 15.0. The summed E-state index contributed by atoms with van der Waals surface area (Å²) in [6.45, 7) is 2.41. The van der Waals surface area contributed by atoms with E-state index in [9.17, 15) is 4.79 Å². The molecule has 1 fully saturated rings. The zero-order valence-corrected chi connectivity index (χ0v) is 11.9. The number of amides is 1. The van der Waals surface area contributed by atoms with Crippen molar-refractivity contribution in [3.8, 4) is 0 Å². The van der Waals surface area contributed by atoms with Gasteiger partial charge in [0.1, 0.15) is 0 Å². The molecule has 0 saturated heterocycles. The van der Waals surface area contributed by atoms with Crippen molar-refractivity contribution in [1.82, 2.24) is 5.32 Å². The molecule has 114 valence electrons. The Kier molecular flexibility index (Phi) is 9.65. The highest BCUT2D eigenvalue weighted by Gasteiger charge is 2.16. The molecule has 0 aromatic carbocycles. The predicted octanol–water partition coefficient (Wildman–Crippen LogP) is 2.17. The number of nitrogens with one attached hydrogen (secondary N) is 1. The minimum Gasteiger partial charge on any atom is -0.381 e. The summed E-state index contributed by atoms with van der Waals surface area (Å²) in [6.07, 6.45) is 5.87. The second kappa shape index (κ2) is 11.5. The molecule has 0 radical (unpaired) electrons.